The average molecular weight is 270 g/mol. The van der Waals surface area contributed by atoms with Crippen LogP contribution in [0.25, 0.3) is 0 Å². The molecule has 0 heterocycles. The number of anilines is 1. The maximum Gasteiger partial charge on any atom is 0.234 e. The highest BCUT2D eigenvalue weighted by molar-refractivity contribution is 7.99. The van der Waals surface area contributed by atoms with Crippen LogP contribution in [0.1, 0.15) is 5.56 Å². The fraction of sp³-hybridized carbons (Fsp3) is 0.273. The predicted molar refractivity (Wildman–Crippen MR) is 75.9 cm³/mol. The predicted octanol–water partition coefficient (Wildman–Crippen LogP) is 1.63. The molecule has 0 unspecified atom stereocenters. The van der Waals surface area contributed by atoms with E-state index in [1.165, 1.54) is 18.9 Å². The molecule has 0 spiro atoms. The van der Waals surface area contributed by atoms with E-state index in [4.69, 9.17) is 22.7 Å². The Morgan fingerprint density at radius 1 is 1.59 bits per heavy atom. The number of nitrogens with two attached hydrogens (primary N) is 1. The van der Waals surface area contributed by atoms with E-state index in [2.05, 4.69) is 5.32 Å². The molecule has 0 atom stereocenters. The zero-order valence-electron chi connectivity index (χ0n) is 9.65. The van der Waals surface area contributed by atoms with E-state index in [9.17, 15) is 4.79 Å². The van der Waals surface area contributed by atoms with Crippen LogP contribution in [0.4, 0.5) is 5.69 Å². The van der Waals surface area contributed by atoms with Gasteiger partial charge >= 0.3 is 0 Å². The number of ether oxygens (including phenoxy) is 1. The number of para-hydroxylation sites is 1. The van der Waals surface area contributed by atoms with Gasteiger partial charge in [0.2, 0.25) is 5.91 Å². The van der Waals surface area contributed by atoms with Gasteiger partial charge in [0, 0.05) is 5.56 Å². The fourth-order valence-corrected chi connectivity index (χ4v) is 1.85. The lowest BCUT2D eigenvalue weighted by molar-refractivity contribution is -0.113. The second kappa shape index (κ2) is 6.46. The number of carbonyl (C=O) groups excluding carboxylic acids is 1. The van der Waals surface area contributed by atoms with E-state index in [-0.39, 0.29) is 10.9 Å². The molecular formula is C11H14N2O2S2. The van der Waals surface area contributed by atoms with Crippen LogP contribution in [-0.2, 0) is 4.79 Å². The number of thioether (sulfide) groups is 1. The normalized spacial score (nSPS) is 9.76. The molecule has 0 bridgehead atoms. The lowest BCUT2D eigenvalue weighted by atomic mass is 10.1. The highest BCUT2D eigenvalue weighted by Crippen LogP contribution is 2.28. The van der Waals surface area contributed by atoms with Crippen LogP contribution in [0.15, 0.2) is 18.2 Å². The number of hydrogen-bond acceptors (Lipinski definition) is 4. The molecule has 1 rings (SSSR count). The molecule has 0 saturated carbocycles. The minimum absolute atomic E-state index is 0.112. The van der Waals surface area contributed by atoms with Gasteiger partial charge in [0.1, 0.15) is 10.7 Å². The number of hydrogen-bond donors (Lipinski definition) is 2. The zero-order valence-corrected chi connectivity index (χ0v) is 11.3. The van der Waals surface area contributed by atoms with E-state index in [0.29, 0.717) is 22.8 Å². The summed E-state index contributed by atoms with van der Waals surface area (Å²) in [5.41, 5.74) is 6.74. The van der Waals surface area contributed by atoms with Crippen LogP contribution >= 0.6 is 24.0 Å². The van der Waals surface area contributed by atoms with Gasteiger partial charge < -0.3 is 15.8 Å². The third-order valence-electron chi connectivity index (χ3n) is 2.05. The monoisotopic (exact) mass is 270 g/mol. The first-order valence-electron chi connectivity index (χ1n) is 4.85. The number of amides is 1. The minimum atomic E-state index is -0.112. The van der Waals surface area contributed by atoms with Gasteiger partial charge in [0.15, 0.2) is 0 Å². The molecule has 0 fully saturated rings. The highest BCUT2D eigenvalue weighted by Gasteiger charge is 2.13. The first kappa shape index (κ1) is 13.8. The van der Waals surface area contributed by atoms with Crippen molar-refractivity contribution < 1.29 is 9.53 Å². The molecule has 0 aliphatic heterocycles. The van der Waals surface area contributed by atoms with Crippen LogP contribution in [0.3, 0.4) is 0 Å². The van der Waals surface area contributed by atoms with Crippen molar-refractivity contribution >= 4 is 40.6 Å². The van der Waals surface area contributed by atoms with Crippen molar-refractivity contribution in [2.45, 2.75) is 0 Å². The summed E-state index contributed by atoms with van der Waals surface area (Å²) in [5.74, 6) is 0.804. The van der Waals surface area contributed by atoms with Crippen LogP contribution in [0.5, 0.6) is 5.75 Å². The first-order valence-corrected chi connectivity index (χ1v) is 6.66. The Morgan fingerprint density at radius 2 is 2.29 bits per heavy atom. The van der Waals surface area contributed by atoms with E-state index in [1.807, 2.05) is 6.26 Å². The average Bonchev–Trinajstić information content (AvgIpc) is 2.29. The summed E-state index contributed by atoms with van der Waals surface area (Å²) in [7, 11) is 1.53. The van der Waals surface area contributed by atoms with E-state index in [1.54, 1.807) is 18.2 Å². The number of methoxy groups -OCH3 is 1. The van der Waals surface area contributed by atoms with Crippen molar-refractivity contribution in [1.82, 2.24) is 0 Å². The largest absolute Gasteiger partial charge is 0.495 e. The number of nitrogens with one attached hydrogen (secondary N) is 1. The Hall–Kier alpha value is -1.27. The third kappa shape index (κ3) is 3.61. The van der Waals surface area contributed by atoms with Gasteiger partial charge in [-0.3, -0.25) is 4.79 Å². The number of rotatable bonds is 5. The van der Waals surface area contributed by atoms with Crippen molar-refractivity contribution in [3.05, 3.63) is 23.8 Å². The molecule has 92 valence electrons. The summed E-state index contributed by atoms with van der Waals surface area (Å²) in [6.45, 7) is 0. The Balaban J connectivity index is 3.09. The van der Waals surface area contributed by atoms with Crippen LogP contribution in [0, 0.1) is 0 Å². The third-order valence-corrected chi connectivity index (χ3v) is 2.82. The lowest BCUT2D eigenvalue weighted by Crippen LogP contribution is -2.19. The summed E-state index contributed by atoms with van der Waals surface area (Å²) in [4.78, 5) is 11.8. The maximum absolute atomic E-state index is 11.6. The number of carbonyl (C=O) groups is 1. The molecule has 1 aromatic carbocycles. The summed E-state index contributed by atoms with van der Waals surface area (Å²) >= 11 is 6.38. The zero-order chi connectivity index (χ0) is 12.8. The SMILES string of the molecule is COc1cccc(C(N)=S)c1NC(=O)CSC. The minimum Gasteiger partial charge on any atom is -0.495 e. The molecule has 0 saturated heterocycles. The molecule has 3 N–H and O–H groups in total. The van der Waals surface area contributed by atoms with E-state index < -0.39 is 0 Å². The van der Waals surface area contributed by atoms with Gasteiger partial charge in [0.05, 0.1) is 18.6 Å². The second-order valence-electron chi connectivity index (χ2n) is 3.23. The Kier molecular flexibility index (Phi) is 5.24. The van der Waals surface area contributed by atoms with Crippen molar-refractivity contribution in [3.8, 4) is 5.75 Å². The molecule has 0 radical (unpaired) electrons. The van der Waals surface area contributed by atoms with Crippen molar-refractivity contribution in [2.75, 3.05) is 24.4 Å². The summed E-state index contributed by atoms with van der Waals surface area (Å²) in [6.07, 6.45) is 1.86. The lowest BCUT2D eigenvalue weighted by Gasteiger charge is -2.13. The number of benzene rings is 1. The topological polar surface area (TPSA) is 64.3 Å². The van der Waals surface area contributed by atoms with Crippen molar-refractivity contribution in [1.29, 1.82) is 0 Å². The molecule has 0 aliphatic carbocycles. The Morgan fingerprint density at radius 3 is 2.82 bits per heavy atom. The fourth-order valence-electron chi connectivity index (χ4n) is 1.34. The second-order valence-corrected chi connectivity index (χ2v) is 4.53. The molecule has 4 nitrogen and oxygen atoms in total. The van der Waals surface area contributed by atoms with Gasteiger partial charge in [-0.2, -0.15) is 11.8 Å². The first-order chi connectivity index (χ1) is 8.10. The van der Waals surface area contributed by atoms with Gasteiger partial charge in [0.25, 0.3) is 0 Å². The van der Waals surface area contributed by atoms with Gasteiger partial charge in [-0.05, 0) is 18.4 Å². The van der Waals surface area contributed by atoms with E-state index in [0.717, 1.165) is 0 Å². The standard InChI is InChI=1S/C11H14N2O2S2/c1-15-8-5-3-4-7(11(12)16)10(8)13-9(14)6-17-2/h3-5H,6H2,1-2H3,(H2,12,16)(H,13,14). The quantitative estimate of drug-likeness (QED) is 0.796. The van der Waals surface area contributed by atoms with E-state index >= 15 is 0 Å². The van der Waals surface area contributed by atoms with Crippen LogP contribution in [-0.4, -0.2) is 30.0 Å². The molecule has 17 heavy (non-hydrogen) atoms. The molecule has 1 amide bonds. The Bertz CT molecular complexity index is 435. The maximum atomic E-state index is 11.6. The smallest absolute Gasteiger partial charge is 0.234 e. The van der Waals surface area contributed by atoms with Crippen molar-refractivity contribution in [3.63, 3.8) is 0 Å². The van der Waals surface area contributed by atoms with Crippen LogP contribution in [0.2, 0.25) is 0 Å². The van der Waals surface area contributed by atoms with Crippen molar-refractivity contribution in [2.24, 2.45) is 5.73 Å². The van der Waals surface area contributed by atoms with Gasteiger partial charge in [-0.25, -0.2) is 0 Å². The Labute approximate surface area is 110 Å². The summed E-state index contributed by atoms with van der Waals surface area (Å²) < 4.78 is 5.18. The summed E-state index contributed by atoms with van der Waals surface area (Å²) in [5, 5.41) is 2.76. The molecule has 0 aromatic heterocycles. The van der Waals surface area contributed by atoms with Crippen LogP contribution < -0.4 is 15.8 Å². The molecule has 1 aromatic rings. The molecule has 0 aliphatic rings. The number of thiocarbonyl (C=S) groups is 1. The van der Waals surface area contributed by atoms with Gasteiger partial charge in [-0.1, -0.05) is 18.3 Å². The van der Waals surface area contributed by atoms with Gasteiger partial charge in [-0.15, -0.1) is 0 Å². The highest BCUT2D eigenvalue weighted by atomic mass is 32.2. The summed E-state index contributed by atoms with van der Waals surface area (Å²) in [6, 6.07) is 5.27. The molecule has 6 heteroatoms. The molecular weight excluding hydrogens is 256 g/mol.